The number of ether oxygens (including phenoxy) is 4. The van der Waals surface area contributed by atoms with Crippen LogP contribution in [0.2, 0.25) is 5.04 Å². The molecule has 0 radical (unpaired) electrons. The molecule has 1 fully saturated rings. The zero-order chi connectivity index (χ0) is 37.3. The molecule has 0 aromatic heterocycles. The molecule has 0 saturated carbocycles. The fourth-order valence-corrected chi connectivity index (χ4v) is 11.4. The molecule has 9 heteroatoms. The second-order valence-electron chi connectivity index (χ2n) is 14.7. The summed E-state index contributed by atoms with van der Waals surface area (Å²) in [6.45, 7) is 17.4. The van der Waals surface area contributed by atoms with Crippen molar-refractivity contribution in [2.75, 3.05) is 20.8 Å². The summed E-state index contributed by atoms with van der Waals surface area (Å²) in [4.78, 5) is 12.0. The Morgan fingerprint density at radius 2 is 1.51 bits per heavy atom. The number of hydrogen-bond acceptors (Lipinski definition) is 8. The number of rotatable bonds is 18. The Labute approximate surface area is 305 Å². The summed E-state index contributed by atoms with van der Waals surface area (Å²) in [6.07, 6.45) is -1.22. The van der Waals surface area contributed by atoms with Crippen LogP contribution in [-0.2, 0) is 30.0 Å². The van der Waals surface area contributed by atoms with E-state index in [0.29, 0.717) is 18.8 Å². The lowest BCUT2D eigenvalue weighted by Gasteiger charge is -2.43. The van der Waals surface area contributed by atoms with E-state index in [9.17, 15) is 15.0 Å². The molecule has 1 heterocycles. The summed E-state index contributed by atoms with van der Waals surface area (Å²) in [6, 6.07) is 28.9. The van der Waals surface area contributed by atoms with E-state index in [0.717, 1.165) is 16.9 Å². The Balaban J connectivity index is 1.54. The predicted octanol–water partition coefficient (Wildman–Crippen LogP) is 5.98. The number of hydrogen-bond donors (Lipinski definition) is 2. The van der Waals surface area contributed by atoms with E-state index in [4.69, 9.17) is 23.4 Å². The Morgan fingerprint density at radius 1 is 0.941 bits per heavy atom. The highest BCUT2D eigenvalue weighted by Gasteiger charge is 2.51. The van der Waals surface area contributed by atoms with E-state index in [1.807, 2.05) is 36.4 Å². The quantitative estimate of drug-likeness (QED) is 0.0717. The molecule has 2 N–H and O–H groups in total. The first-order chi connectivity index (χ1) is 24.2. The van der Waals surface area contributed by atoms with E-state index in [1.54, 1.807) is 14.0 Å². The molecular weight excluding hydrogens is 661 g/mol. The van der Waals surface area contributed by atoms with Crippen molar-refractivity contribution in [2.45, 2.75) is 90.1 Å². The molecule has 0 spiro atoms. The average Bonchev–Trinajstić information content (AvgIpc) is 3.93. The molecule has 51 heavy (non-hydrogen) atoms. The van der Waals surface area contributed by atoms with E-state index in [2.05, 4.69) is 95.8 Å². The van der Waals surface area contributed by atoms with Gasteiger partial charge >= 0.3 is 5.97 Å². The van der Waals surface area contributed by atoms with Gasteiger partial charge in [0.15, 0.2) is 0 Å². The van der Waals surface area contributed by atoms with Crippen LogP contribution in [0, 0.1) is 11.8 Å². The van der Waals surface area contributed by atoms with Gasteiger partial charge in [-0.15, -0.1) is 0 Å². The predicted molar refractivity (Wildman–Crippen MR) is 204 cm³/mol. The van der Waals surface area contributed by atoms with Gasteiger partial charge in [-0.2, -0.15) is 0 Å². The smallest absolute Gasteiger partial charge is 0.311 e. The summed E-state index contributed by atoms with van der Waals surface area (Å²) in [5.41, 5.74) is 2.48. The van der Waals surface area contributed by atoms with E-state index >= 15 is 0 Å². The number of benzene rings is 3. The fraction of sp³-hybridized carbons (Fsp3) is 0.452. The average molecular weight is 717 g/mol. The van der Waals surface area contributed by atoms with Gasteiger partial charge in [-0.1, -0.05) is 119 Å². The van der Waals surface area contributed by atoms with Gasteiger partial charge in [-0.05, 0) is 52.5 Å². The van der Waals surface area contributed by atoms with Crippen molar-refractivity contribution in [3.05, 3.63) is 114 Å². The third-order valence-electron chi connectivity index (χ3n) is 9.89. The van der Waals surface area contributed by atoms with Crippen molar-refractivity contribution in [2.24, 2.45) is 11.8 Å². The van der Waals surface area contributed by atoms with Crippen LogP contribution < -0.4 is 15.1 Å². The second kappa shape index (κ2) is 17.8. The number of epoxide rings is 1. The molecule has 8 nitrogen and oxygen atoms in total. The van der Waals surface area contributed by atoms with Crippen LogP contribution in [0.4, 0.5) is 0 Å². The van der Waals surface area contributed by atoms with E-state index in [-0.39, 0.29) is 17.4 Å². The fourth-order valence-electron chi connectivity index (χ4n) is 6.80. The van der Waals surface area contributed by atoms with Gasteiger partial charge < -0.3 is 33.6 Å². The van der Waals surface area contributed by atoms with Gasteiger partial charge in [0.2, 0.25) is 0 Å². The number of methoxy groups -OCH3 is 2. The van der Waals surface area contributed by atoms with Gasteiger partial charge in [-0.3, -0.25) is 4.79 Å². The largest absolute Gasteiger partial charge is 0.497 e. The zero-order valence-electron chi connectivity index (χ0n) is 31.4. The maximum Gasteiger partial charge on any atom is 0.311 e. The zero-order valence-corrected chi connectivity index (χ0v) is 32.4. The highest BCUT2D eigenvalue weighted by atomic mass is 28.4. The highest BCUT2D eigenvalue weighted by Crippen LogP contribution is 2.38. The monoisotopic (exact) mass is 716 g/mol. The minimum atomic E-state index is -2.74. The van der Waals surface area contributed by atoms with Gasteiger partial charge in [0.1, 0.15) is 18.0 Å². The van der Waals surface area contributed by atoms with Crippen LogP contribution >= 0.6 is 0 Å². The van der Waals surface area contributed by atoms with Gasteiger partial charge in [0, 0.05) is 12.3 Å². The molecule has 3 aromatic rings. The Kier molecular flexibility index (Phi) is 14.0. The molecule has 0 bridgehead atoms. The standard InChI is InChI=1S/C42H56O8Si/c1-28(26-49-51(42(5,6)7,34-16-12-10-13-17-34)35-18-14-11-15-19-35)24-29(2)37(48-27-32-20-22-33(46-8)23-21-32)25-36(43)30(3)39-40(50-39)38(44)31(4)41(45)47-9/h10-24,29,31,36-40,43-44H,3,25-27H2,1-2,4-9H3/b28-24+/t29-,31-,36+,37+,38-,39-,40-/m1/s1. The molecule has 4 rings (SSSR count). The van der Waals surface area contributed by atoms with E-state index < -0.39 is 50.7 Å². The minimum Gasteiger partial charge on any atom is -0.497 e. The number of carbonyl (C=O) groups excluding carboxylic acids is 1. The van der Waals surface area contributed by atoms with Crippen LogP contribution in [-0.4, -0.2) is 75.8 Å². The molecule has 0 amide bonds. The Hall–Kier alpha value is -3.57. The maximum absolute atomic E-state index is 12.0. The molecule has 1 aliphatic heterocycles. The van der Waals surface area contributed by atoms with Gasteiger partial charge in [0.05, 0.1) is 51.7 Å². The Morgan fingerprint density at radius 3 is 2.02 bits per heavy atom. The number of aliphatic hydroxyl groups is 2. The molecule has 1 aliphatic rings. The SMILES string of the molecule is C=C([C@H]1O[C@@H]1[C@H](O)[C@@H](C)C(=O)OC)[C@@H](O)C[C@H](OCc1ccc(OC)cc1)[C@H](C)/C=C(\C)CO[Si](c1ccccc1)(c1ccccc1)C(C)(C)C. The van der Waals surface area contributed by atoms with Crippen LogP contribution in [0.1, 0.15) is 53.5 Å². The van der Waals surface area contributed by atoms with Crippen molar-refractivity contribution in [1.29, 1.82) is 0 Å². The molecule has 1 saturated heterocycles. The van der Waals surface area contributed by atoms with Crippen molar-refractivity contribution < 1.29 is 38.4 Å². The van der Waals surface area contributed by atoms with Gasteiger partial charge in [-0.25, -0.2) is 0 Å². The summed E-state index contributed by atoms with van der Waals surface area (Å²) in [5.74, 6) is -0.633. The van der Waals surface area contributed by atoms with Crippen molar-refractivity contribution in [3.8, 4) is 5.75 Å². The molecule has 276 valence electrons. The molecule has 7 atom stereocenters. The lowest BCUT2D eigenvalue weighted by atomic mass is 9.91. The molecule has 0 unspecified atom stereocenters. The van der Waals surface area contributed by atoms with Crippen molar-refractivity contribution in [1.82, 2.24) is 0 Å². The maximum atomic E-state index is 12.0. The van der Waals surface area contributed by atoms with Crippen LogP contribution in [0.3, 0.4) is 0 Å². The Bertz CT molecular complexity index is 1550. The number of esters is 1. The third-order valence-corrected chi connectivity index (χ3v) is 14.9. The first-order valence-electron chi connectivity index (χ1n) is 17.7. The number of aliphatic hydroxyl groups excluding tert-OH is 2. The van der Waals surface area contributed by atoms with Crippen molar-refractivity contribution >= 4 is 24.7 Å². The van der Waals surface area contributed by atoms with Crippen molar-refractivity contribution in [3.63, 3.8) is 0 Å². The van der Waals surface area contributed by atoms with E-state index in [1.165, 1.54) is 17.5 Å². The van der Waals surface area contributed by atoms with Crippen LogP contribution in [0.15, 0.2) is 109 Å². The summed E-state index contributed by atoms with van der Waals surface area (Å²) < 4.78 is 29.5. The second-order valence-corrected chi connectivity index (χ2v) is 19.0. The normalized spacial score (nSPS) is 19.4. The first-order valence-corrected chi connectivity index (χ1v) is 19.6. The molecule has 3 aromatic carbocycles. The number of carbonyl (C=O) groups is 1. The highest BCUT2D eigenvalue weighted by molar-refractivity contribution is 6.99. The lowest BCUT2D eigenvalue weighted by molar-refractivity contribution is -0.149. The summed E-state index contributed by atoms with van der Waals surface area (Å²) >= 11 is 0. The molecule has 0 aliphatic carbocycles. The minimum absolute atomic E-state index is 0.102. The topological polar surface area (TPSA) is 107 Å². The first kappa shape index (κ1) is 40.2. The van der Waals surface area contributed by atoms with Crippen LogP contribution in [0.25, 0.3) is 0 Å². The van der Waals surface area contributed by atoms with Crippen LogP contribution in [0.5, 0.6) is 5.75 Å². The molecular formula is C42H56O8Si. The lowest BCUT2D eigenvalue weighted by Crippen LogP contribution is -2.66. The van der Waals surface area contributed by atoms with Gasteiger partial charge in [0.25, 0.3) is 8.32 Å². The third kappa shape index (κ3) is 9.86. The summed E-state index contributed by atoms with van der Waals surface area (Å²) in [5, 5.41) is 24.4. The summed E-state index contributed by atoms with van der Waals surface area (Å²) in [7, 11) is 0.179.